The Bertz CT molecular complexity index is 422. The van der Waals surface area contributed by atoms with Gasteiger partial charge in [-0.25, -0.2) is 4.79 Å². The largest absolute Gasteiger partial charge is 0.474 e. The molecule has 0 aliphatic heterocycles. The molecule has 0 aliphatic carbocycles. The number of methoxy groups -OCH3 is 1. The molecule has 18 heavy (non-hydrogen) atoms. The molecule has 0 radical (unpaired) electrons. The zero-order valence-corrected chi connectivity index (χ0v) is 11.5. The van der Waals surface area contributed by atoms with Crippen LogP contribution in [0, 0.1) is 0 Å². The monoisotopic (exact) mass is 267 g/mol. The number of rotatable bonds is 4. The Hall–Kier alpha value is -1.62. The summed E-state index contributed by atoms with van der Waals surface area (Å²) in [6.45, 7) is 3.78. The second-order valence-electron chi connectivity index (χ2n) is 3.83. The van der Waals surface area contributed by atoms with Gasteiger partial charge < -0.3 is 14.8 Å². The van der Waals surface area contributed by atoms with Crippen LogP contribution in [0.3, 0.4) is 0 Å². The van der Waals surface area contributed by atoms with E-state index in [1.165, 1.54) is 7.11 Å². The minimum Gasteiger partial charge on any atom is -0.474 e. The molecule has 0 amide bonds. The van der Waals surface area contributed by atoms with E-state index in [4.69, 9.17) is 21.7 Å². The number of ether oxygens (including phenoxy) is 2. The Kier molecular flexibility index (Phi) is 5.09. The number of hydrogen-bond acceptors (Lipinski definition) is 4. The van der Waals surface area contributed by atoms with Crippen molar-refractivity contribution >= 4 is 23.4 Å². The molecule has 0 saturated carbocycles. The predicted octanol–water partition coefficient (Wildman–Crippen LogP) is 1.99. The molecule has 1 aromatic rings. The lowest BCUT2D eigenvalue weighted by atomic mass is 9.92. The van der Waals surface area contributed by atoms with Crippen molar-refractivity contribution in [2.45, 2.75) is 19.4 Å². The molecule has 0 spiro atoms. The van der Waals surface area contributed by atoms with E-state index in [0.717, 1.165) is 5.56 Å². The van der Waals surface area contributed by atoms with Crippen LogP contribution in [0.15, 0.2) is 30.3 Å². The molecule has 0 heterocycles. The number of carbonyl (C=O) groups is 1. The third-order valence-electron chi connectivity index (χ3n) is 2.57. The molecule has 1 N–H and O–H groups in total. The maximum absolute atomic E-state index is 12.1. The van der Waals surface area contributed by atoms with E-state index < -0.39 is 11.5 Å². The first-order chi connectivity index (χ1) is 8.54. The molecule has 5 heteroatoms. The maximum atomic E-state index is 12.1. The highest BCUT2D eigenvalue weighted by Gasteiger charge is 2.37. The fraction of sp³-hybridized carbons (Fsp3) is 0.385. The molecule has 0 aromatic heterocycles. The Morgan fingerprint density at radius 2 is 2.00 bits per heavy atom. The van der Waals surface area contributed by atoms with Crippen molar-refractivity contribution in [2.75, 3.05) is 13.7 Å². The summed E-state index contributed by atoms with van der Waals surface area (Å²) < 4.78 is 10.00. The summed E-state index contributed by atoms with van der Waals surface area (Å²) in [4.78, 5) is 12.1. The highest BCUT2D eigenvalue weighted by atomic mass is 32.1. The van der Waals surface area contributed by atoms with Crippen molar-refractivity contribution in [3.8, 4) is 0 Å². The van der Waals surface area contributed by atoms with E-state index in [0.29, 0.717) is 6.61 Å². The van der Waals surface area contributed by atoms with E-state index in [-0.39, 0.29) is 5.17 Å². The van der Waals surface area contributed by atoms with Crippen molar-refractivity contribution in [3.05, 3.63) is 35.9 Å². The quantitative estimate of drug-likeness (QED) is 0.668. The van der Waals surface area contributed by atoms with Gasteiger partial charge in [0.2, 0.25) is 0 Å². The number of nitrogens with one attached hydrogen (secondary N) is 1. The Morgan fingerprint density at radius 3 is 2.50 bits per heavy atom. The molecule has 1 rings (SSSR count). The first-order valence-corrected chi connectivity index (χ1v) is 6.04. The van der Waals surface area contributed by atoms with E-state index in [1.807, 2.05) is 30.3 Å². The first kappa shape index (κ1) is 14.4. The SMILES string of the molecule is CCOC(=O)C(C)(NC(=S)OC)c1ccccc1. The predicted molar refractivity (Wildman–Crippen MR) is 73.2 cm³/mol. The molecule has 98 valence electrons. The maximum Gasteiger partial charge on any atom is 0.336 e. The standard InChI is InChI=1S/C13H17NO3S/c1-4-17-11(15)13(2,14-12(18)16-3)10-8-6-5-7-9-10/h5-9H,4H2,1-3H3,(H,14,18). The van der Waals surface area contributed by atoms with Gasteiger partial charge >= 0.3 is 5.97 Å². The molecule has 1 unspecified atom stereocenters. The van der Waals surface area contributed by atoms with E-state index in [2.05, 4.69) is 5.32 Å². The highest BCUT2D eigenvalue weighted by Crippen LogP contribution is 2.22. The Labute approximate surface area is 112 Å². The molecular weight excluding hydrogens is 250 g/mol. The fourth-order valence-corrected chi connectivity index (χ4v) is 1.75. The number of esters is 1. The average molecular weight is 267 g/mol. The minimum absolute atomic E-state index is 0.148. The van der Waals surface area contributed by atoms with Crippen LogP contribution < -0.4 is 5.32 Å². The van der Waals surface area contributed by atoms with Gasteiger partial charge in [-0.3, -0.25) is 0 Å². The smallest absolute Gasteiger partial charge is 0.336 e. The van der Waals surface area contributed by atoms with Gasteiger partial charge in [0.05, 0.1) is 13.7 Å². The lowest BCUT2D eigenvalue weighted by Crippen LogP contribution is -2.50. The summed E-state index contributed by atoms with van der Waals surface area (Å²) in [6.07, 6.45) is 0. The van der Waals surface area contributed by atoms with Gasteiger partial charge in [-0.1, -0.05) is 30.3 Å². The van der Waals surface area contributed by atoms with Gasteiger partial charge in [-0.2, -0.15) is 0 Å². The van der Waals surface area contributed by atoms with Gasteiger partial charge in [-0.05, 0) is 31.6 Å². The molecule has 1 atom stereocenters. The van der Waals surface area contributed by atoms with Crippen LogP contribution >= 0.6 is 12.2 Å². The van der Waals surface area contributed by atoms with E-state index in [1.54, 1.807) is 13.8 Å². The molecule has 0 saturated heterocycles. The van der Waals surface area contributed by atoms with Crippen LogP contribution in [0.1, 0.15) is 19.4 Å². The molecular formula is C13H17NO3S. The minimum atomic E-state index is -1.05. The lowest BCUT2D eigenvalue weighted by Gasteiger charge is -2.29. The lowest BCUT2D eigenvalue weighted by molar-refractivity contribution is -0.150. The summed E-state index contributed by atoms with van der Waals surface area (Å²) in [5.74, 6) is -0.393. The summed E-state index contributed by atoms with van der Waals surface area (Å²) >= 11 is 4.97. The summed E-state index contributed by atoms with van der Waals surface area (Å²) in [7, 11) is 1.45. The van der Waals surface area contributed by atoms with Crippen LogP contribution in [0.4, 0.5) is 0 Å². The van der Waals surface area contributed by atoms with Crippen molar-refractivity contribution < 1.29 is 14.3 Å². The summed E-state index contributed by atoms with van der Waals surface area (Å²) in [5, 5.41) is 3.03. The zero-order valence-electron chi connectivity index (χ0n) is 10.7. The third kappa shape index (κ3) is 3.20. The van der Waals surface area contributed by atoms with Gasteiger partial charge in [0.15, 0.2) is 5.54 Å². The number of hydrogen-bond donors (Lipinski definition) is 1. The van der Waals surface area contributed by atoms with Crippen molar-refractivity contribution in [3.63, 3.8) is 0 Å². The molecule has 0 aliphatic rings. The highest BCUT2D eigenvalue weighted by molar-refractivity contribution is 7.80. The van der Waals surface area contributed by atoms with Gasteiger partial charge in [0.25, 0.3) is 5.17 Å². The normalized spacial score (nSPS) is 13.3. The van der Waals surface area contributed by atoms with Gasteiger partial charge in [0, 0.05) is 0 Å². The second kappa shape index (κ2) is 6.35. The molecule has 0 bridgehead atoms. The molecule has 1 aromatic carbocycles. The average Bonchev–Trinajstić information content (AvgIpc) is 2.39. The number of thiocarbonyl (C=S) groups is 1. The van der Waals surface area contributed by atoms with Gasteiger partial charge in [0.1, 0.15) is 0 Å². The fourth-order valence-electron chi connectivity index (χ4n) is 1.54. The number of carbonyl (C=O) groups excluding carboxylic acids is 1. The van der Waals surface area contributed by atoms with Crippen LogP contribution in [-0.4, -0.2) is 24.9 Å². The summed E-state index contributed by atoms with van der Waals surface area (Å²) in [5.41, 5.74) is -0.285. The number of benzene rings is 1. The molecule has 0 fully saturated rings. The van der Waals surface area contributed by atoms with Crippen LogP contribution in [0.2, 0.25) is 0 Å². The van der Waals surface area contributed by atoms with E-state index in [9.17, 15) is 4.79 Å². The topological polar surface area (TPSA) is 47.6 Å². The first-order valence-electron chi connectivity index (χ1n) is 5.63. The zero-order chi connectivity index (χ0) is 13.6. The van der Waals surface area contributed by atoms with E-state index >= 15 is 0 Å². The van der Waals surface area contributed by atoms with Crippen molar-refractivity contribution in [1.82, 2.24) is 5.32 Å². The van der Waals surface area contributed by atoms with Crippen LogP contribution in [-0.2, 0) is 19.8 Å². The second-order valence-corrected chi connectivity index (χ2v) is 4.20. The van der Waals surface area contributed by atoms with Crippen molar-refractivity contribution in [1.29, 1.82) is 0 Å². The van der Waals surface area contributed by atoms with Gasteiger partial charge in [-0.15, -0.1) is 0 Å². The van der Waals surface area contributed by atoms with Crippen molar-refractivity contribution in [2.24, 2.45) is 0 Å². The Balaban J connectivity index is 3.08. The third-order valence-corrected chi connectivity index (χ3v) is 2.84. The summed E-state index contributed by atoms with van der Waals surface area (Å²) in [6, 6.07) is 9.25. The van der Waals surface area contributed by atoms with Crippen LogP contribution in [0.5, 0.6) is 0 Å². The van der Waals surface area contributed by atoms with Crippen LogP contribution in [0.25, 0.3) is 0 Å². The molecule has 4 nitrogen and oxygen atoms in total. The Morgan fingerprint density at radius 1 is 1.39 bits per heavy atom.